The second kappa shape index (κ2) is 4.11. The zero-order valence-electron chi connectivity index (χ0n) is 5.80. The molecule has 0 aliphatic carbocycles. The molecule has 0 unspecified atom stereocenters. The minimum atomic E-state index is 0.536. The van der Waals surface area contributed by atoms with Gasteiger partial charge in [-0.2, -0.15) is 0 Å². The minimum Gasteiger partial charge on any atom is -0.348 e. The zero-order valence-corrected chi connectivity index (χ0v) is 5.80. The highest BCUT2D eigenvalue weighted by atomic mass is 14.9. The average Bonchev–Trinajstić information content (AvgIpc) is 2.41. The molecule has 0 bridgehead atoms. The monoisotopic (exact) mass is 135 g/mol. The van der Waals surface area contributed by atoms with Crippen LogP contribution in [0.4, 0.5) is 0 Å². The smallest absolute Gasteiger partial charge is 0.0921 e. The van der Waals surface area contributed by atoms with Gasteiger partial charge in [-0.1, -0.05) is 0 Å². The Morgan fingerprint density at radius 2 is 2.60 bits per heavy atom. The lowest BCUT2D eigenvalue weighted by molar-refractivity contribution is 0.760. The molecule has 0 saturated heterocycles. The van der Waals surface area contributed by atoms with E-state index in [0.29, 0.717) is 6.44 Å². The summed E-state index contributed by atoms with van der Waals surface area (Å²) in [5.74, 6) is 0. The Kier molecular flexibility index (Phi) is 3.02. The molecule has 0 aliphatic rings. The van der Waals surface area contributed by atoms with Crippen LogP contribution in [-0.4, -0.2) is 30.8 Å². The topological polar surface area (TPSA) is 40.7 Å². The second-order valence-corrected chi connectivity index (χ2v) is 2.03. The highest BCUT2D eigenvalue weighted by Crippen LogP contribution is 1.89. The number of H-pyrrole nitrogens is 1. The van der Waals surface area contributed by atoms with Gasteiger partial charge in [0.25, 0.3) is 0 Å². The molecular weight excluding hydrogens is 125 g/mol. The van der Waals surface area contributed by atoms with Gasteiger partial charge in [-0.15, -0.1) is 0 Å². The molecule has 1 aromatic rings. The van der Waals surface area contributed by atoms with Gasteiger partial charge >= 0.3 is 0 Å². The number of hydrogen-bond acceptors (Lipinski definition) is 2. The predicted octanol–water partition coefficient (Wildman–Crippen LogP) is -0.332. The number of rotatable bonds is 4. The molecule has 4 heteroatoms. The fourth-order valence-electron chi connectivity index (χ4n) is 0.747. The quantitative estimate of drug-likeness (QED) is 0.438. The lowest BCUT2D eigenvalue weighted by atomic mass is 10.1. The van der Waals surface area contributed by atoms with Gasteiger partial charge in [0, 0.05) is 18.3 Å². The first-order valence-electron chi connectivity index (χ1n) is 3.31. The van der Waals surface area contributed by atoms with Gasteiger partial charge in [0.2, 0.25) is 0 Å². The Morgan fingerprint density at radius 1 is 1.70 bits per heavy atom. The highest BCUT2D eigenvalue weighted by molar-refractivity contribution is 6.08. The summed E-state index contributed by atoms with van der Waals surface area (Å²) in [6, 6.07) is 0. The van der Waals surface area contributed by atoms with E-state index >= 15 is 0 Å². The summed E-state index contributed by atoms with van der Waals surface area (Å²) in [6.07, 6.45) is 4.99. The first kappa shape index (κ1) is 7.34. The van der Waals surface area contributed by atoms with Crippen LogP contribution in [0, 0.1) is 0 Å². The Labute approximate surface area is 61.7 Å². The summed E-state index contributed by atoms with van der Waals surface area (Å²) in [5, 5.41) is 3.02. The fraction of sp³-hybridized carbons (Fsp3) is 0.500. The molecule has 1 rings (SSSR count). The SMILES string of the molecule is [B]CNCCc1cnc[nH]1. The van der Waals surface area contributed by atoms with Gasteiger partial charge in [0.05, 0.1) is 14.2 Å². The Morgan fingerprint density at radius 3 is 3.20 bits per heavy atom. The lowest BCUT2D eigenvalue weighted by Gasteiger charge is -1.97. The standard InChI is InChI=1S/C6H10BN3/c7-4-8-2-1-6-3-9-5-10-6/h3,5,8H,1-2,4H2,(H,9,10). The summed E-state index contributed by atoms with van der Waals surface area (Å²) < 4.78 is 0. The van der Waals surface area contributed by atoms with Gasteiger partial charge in [-0.25, -0.2) is 4.98 Å². The van der Waals surface area contributed by atoms with Crippen molar-refractivity contribution in [1.82, 2.24) is 15.3 Å². The number of nitrogens with one attached hydrogen (secondary N) is 2. The van der Waals surface area contributed by atoms with Crippen LogP contribution in [0.15, 0.2) is 12.5 Å². The average molecular weight is 135 g/mol. The van der Waals surface area contributed by atoms with Crippen LogP contribution in [0.1, 0.15) is 5.69 Å². The van der Waals surface area contributed by atoms with Crippen molar-refractivity contribution < 1.29 is 0 Å². The van der Waals surface area contributed by atoms with Crippen molar-refractivity contribution in [2.45, 2.75) is 6.42 Å². The molecule has 0 atom stereocenters. The largest absolute Gasteiger partial charge is 0.348 e. The molecule has 0 saturated carbocycles. The van der Waals surface area contributed by atoms with Gasteiger partial charge in [0.15, 0.2) is 0 Å². The molecule has 1 aromatic heterocycles. The Balaban J connectivity index is 2.15. The predicted molar refractivity (Wildman–Crippen MR) is 40.9 cm³/mol. The second-order valence-electron chi connectivity index (χ2n) is 2.03. The third kappa shape index (κ3) is 2.23. The summed E-state index contributed by atoms with van der Waals surface area (Å²) in [7, 11) is 5.23. The molecule has 3 nitrogen and oxygen atoms in total. The van der Waals surface area contributed by atoms with Gasteiger partial charge < -0.3 is 10.3 Å². The lowest BCUT2D eigenvalue weighted by Crippen LogP contribution is -2.18. The van der Waals surface area contributed by atoms with Crippen LogP contribution in [0.5, 0.6) is 0 Å². The third-order valence-electron chi connectivity index (χ3n) is 1.27. The first-order valence-corrected chi connectivity index (χ1v) is 3.31. The maximum Gasteiger partial charge on any atom is 0.0921 e. The van der Waals surface area contributed by atoms with E-state index < -0.39 is 0 Å². The van der Waals surface area contributed by atoms with E-state index in [0.717, 1.165) is 18.7 Å². The molecule has 52 valence electrons. The number of nitrogens with zero attached hydrogens (tertiary/aromatic N) is 1. The molecule has 0 aliphatic heterocycles. The molecule has 10 heavy (non-hydrogen) atoms. The van der Waals surface area contributed by atoms with E-state index in [2.05, 4.69) is 15.3 Å². The van der Waals surface area contributed by atoms with E-state index in [4.69, 9.17) is 7.85 Å². The molecular formula is C6H10BN3. The maximum absolute atomic E-state index is 5.23. The molecule has 2 radical (unpaired) electrons. The normalized spacial score (nSPS) is 10.0. The van der Waals surface area contributed by atoms with Crippen molar-refractivity contribution in [2.24, 2.45) is 0 Å². The van der Waals surface area contributed by atoms with E-state index in [1.165, 1.54) is 0 Å². The highest BCUT2D eigenvalue weighted by Gasteiger charge is 1.90. The number of aromatic nitrogens is 2. The molecule has 0 spiro atoms. The zero-order chi connectivity index (χ0) is 7.23. The Hall–Kier alpha value is -0.765. The van der Waals surface area contributed by atoms with Crippen LogP contribution in [0.25, 0.3) is 0 Å². The summed E-state index contributed by atoms with van der Waals surface area (Å²) in [4.78, 5) is 6.89. The minimum absolute atomic E-state index is 0.536. The van der Waals surface area contributed by atoms with Crippen LogP contribution in [-0.2, 0) is 6.42 Å². The number of hydrogen-bond donors (Lipinski definition) is 2. The number of imidazole rings is 1. The van der Waals surface area contributed by atoms with Crippen molar-refractivity contribution in [2.75, 3.05) is 13.0 Å². The van der Waals surface area contributed by atoms with Crippen molar-refractivity contribution in [3.05, 3.63) is 18.2 Å². The maximum atomic E-state index is 5.23. The van der Waals surface area contributed by atoms with Crippen molar-refractivity contribution in [1.29, 1.82) is 0 Å². The molecule has 0 fully saturated rings. The first-order chi connectivity index (χ1) is 4.93. The van der Waals surface area contributed by atoms with Gasteiger partial charge in [-0.3, -0.25) is 0 Å². The summed E-state index contributed by atoms with van der Waals surface area (Å²) in [6.45, 7) is 0.901. The number of aromatic amines is 1. The van der Waals surface area contributed by atoms with Crippen molar-refractivity contribution in [3.8, 4) is 0 Å². The van der Waals surface area contributed by atoms with E-state index in [-0.39, 0.29) is 0 Å². The van der Waals surface area contributed by atoms with Crippen molar-refractivity contribution in [3.63, 3.8) is 0 Å². The van der Waals surface area contributed by atoms with Crippen LogP contribution >= 0.6 is 0 Å². The van der Waals surface area contributed by atoms with Crippen LogP contribution < -0.4 is 5.32 Å². The van der Waals surface area contributed by atoms with E-state index in [1.54, 1.807) is 6.33 Å². The summed E-state index contributed by atoms with van der Waals surface area (Å²) in [5.41, 5.74) is 1.14. The molecule has 2 N–H and O–H groups in total. The van der Waals surface area contributed by atoms with Gasteiger partial charge in [-0.05, 0) is 13.0 Å². The van der Waals surface area contributed by atoms with Crippen molar-refractivity contribution >= 4 is 7.85 Å². The fourth-order valence-corrected chi connectivity index (χ4v) is 0.747. The van der Waals surface area contributed by atoms with E-state index in [1.807, 2.05) is 6.20 Å². The van der Waals surface area contributed by atoms with Gasteiger partial charge in [0.1, 0.15) is 0 Å². The third-order valence-corrected chi connectivity index (χ3v) is 1.27. The molecule has 0 aromatic carbocycles. The molecule has 1 heterocycles. The summed E-state index contributed by atoms with van der Waals surface area (Å²) >= 11 is 0. The Bertz CT molecular complexity index is 162. The van der Waals surface area contributed by atoms with Crippen LogP contribution in [0.3, 0.4) is 0 Å². The van der Waals surface area contributed by atoms with E-state index in [9.17, 15) is 0 Å². The molecule has 0 amide bonds. The van der Waals surface area contributed by atoms with Crippen LogP contribution in [0.2, 0.25) is 0 Å².